The van der Waals surface area contributed by atoms with Gasteiger partial charge in [0, 0.05) is 19.6 Å². The molecule has 0 bridgehead atoms. The highest BCUT2D eigenvalue weighted by atomic mass is 16.6. The summed E-state index contributed by atoms with van der Waals surface area (Å²) in [6, 6.07) is 19.1. The molecule has 322 valence electrons. The number of hydrogen-bond donors (Lipinski definition) is 1. The van der Waals surface area contributed by atoms with Crippen LogP contribution in [0.15, 0.2) is 54.6 Å². The van der Waals surface area contributed by atoms with Gasteiger partial charge in [-0.25, -0.2) is 0 Å². The van der Waals surface area contributed by atoms with Gasteiger partial charge in [0.1, 0.15) is 16.7 Å². The summed E-state index contributed by atoms with van der Waals surface area (Å²) < 4.78 is 40.4. The topological polar surface area (TPSA) is 128 Å². The standard InChI is InChI=1S/C46H73NO10/c1-43(2,3)26-15-28-53-34-46(35-54-30-24-41(49)56-44(4,5)6,36-55-31-25-42(50)57-45(7,8)9)47-40(48)23-29-52-33-32-51-27-14-13-16-37-19-21-39(22-20-37)38-17-11-10-12-18-38/h10-12,17-22H,13-16,23-36H2,1-9H3,(H,47,48). The average Bonchev–Trinajstić information content (AvgIpc) is 3.11. The number of rotatable bonds is 28. The van der Waals surface area contributed by atoms with Crippen LogP contribution in [0.3, 0.4) is 0 Å². The lowest BCUT2D eigenvalue weighted by Crippen LogP contribution is -2.59. The molecule has 2 aromatic rings. The molecular formula is C46H73NO10. The monoisotopic (exact) mass is 800 g/mol. The van der Waals surface area contributed by atoms with E-state index in [1.165, 1.54) is 16.7 Å². The number of hydrogen-bond acceptors (Lipinski definition) is 10. The number of nitrogens with one attached hydrogen (secondary N) is 1. The maximum atomic E-state index is 13.4. The molecule has 0 radical (unpaired) electrons. The van der Waals surface area contributed by atoms with Gasteiger partial charge in [0.2, 0.25) is 5.91 Å². The van der Waals surface area contributed by atoms with E-state index in [1.807, 2.05) is 47.6 Å². The minimum absolute atomic E-state index is 0.0148. The van der Waals surface area contributed by atoms with E-state index >= 15 is 0 Å². The smallest absolute Gasteiger partial charge is 0.308 e. The number of esters is 2. The van der Waals surface area contributed by atoms with Crippen LogP contribution in [0.2, 0.25) is 0 Å². The number of benzene rings is 2. The van der Waals surface area contributed by atoms with Gasteiger partial charge >= 0.3 is 11.9 Å². The lowest BCUT2D eigenvalue weighted by atomic mass is 9.91. The van der Waals surface area contributed by atoms with E-state index in [0.717, 1.165) is 32.1 Å². The van der Waals surface area contributed by atoms with Crippen molar-refractivity contribution in [3.8, 4) is 11.1 Å². The minimum Gasteiger partial charge on any atom is -0.460 e. The van der Waals surface area contributed by atoms with Gasteiger partial charge in [-0.2, -0.15) is 0 Å². The van der Waals surface area contributed by atoms with Crippen molar-refractivity contribution in [2.24, 2.45) is 5.41 Å². The Kier molecular flexibility index (Phi) is 22.6. The van der Waals surface area contributed by atoms with Crippen molar-refractivity contribution in [1.29, 1.82) is 0 Å². The highest BCUT2D eigenvalue weighted by Gasteiger charge is 2.34. The molecule has 0 unspecified atom stereocenters. The molecule has 0 fully saturated rings. The number of carbonyl (C=O) groups is 3. The molecule has 0 heterocycles. The third-order valence-electron chi connectivity index (χ3n) is 8.41. The van der Waals surface area contributed by atoms with Crippen molar-refractivity contribution < 1.29 is 47.5 Å². The molecule has 1 amide bonds. The zero-order chi connectivity index (χ0) is 42.2. The summed E-state index contributed by atoms with van der Waals surface area (Å²) in [6.07, 6.45) is 4.98. The number of aryl methyl sites for hydroxylation is 1. The Hall–Kier alpha value is -3.35. The molecule has 57 heavy (non-hydrogen) atoms. The van der Waals surface area contributed by atoms with Crippen molar-refractivity contribution in [2.45, 2.75) is 130 Å². The molecule has 0 saturated carbocycles. The zero-order valence-electron chi connectivity index (χ0n) is 36.5. The van der Waals surface area contributed by atoms with Gasteiger partial charge < -0.3 is 38.5 Å². The fourth-order valence-electron chi connectivity index (χ4n) is 5.71. The Labute approximate surface area is 343 Å². The first kappa shape index (κ1) is 49.8. The van der Waals surface area contributed by atoms with E-state index in [2.05, 4.69) is 74.6 Å². The third-order valence-corrected chi connectivity index (χ3v) is 8.41. The van der Waals surface area contributed by atoms with Crippen LogP contribution in [0.1, 0.15) is 113 Å². The molecule has 2 aromatic carbocycles. The fraction of sp³-hybridized carbons (Fsp3) is 0.674. The normalized spacial score (nSPS) is 12.4. The van der Waals surface area contributed by atoms with Gasteiger partial charge in [-0.1, -0.05) is 75.4 Å². The summed E-state index contributed by atoms with van der Waals surface area (Å²) in [4.78, 5) is 38.0. The number of amides is 1. The predicted molar refractivity (Wildman–Crippen MR) is 224 cm³/mol. The first-order valence-electron chi connectivity index (χ1n) is 20.6. The molecule has 0 aliphatic carbocycles. The number of ether oxygens (including phenoxy) is 7. The summed E-state index contributed by atoms with van der Waals surface area (Å²) in [7, 11) is 0. The van der Waals surface area contributed by atoms with Gasteiger partial charge in [-0.05, 0) is 95.8 Å². The molecule has 1 N–H and O–H groups in total. The maximum absolute atomic E-state index is 13.4. The van der Waals surface area contributed by atoms with Crippen molar-refractivity contribution in [2.75, 3.05) is 66.1 Å². The average molecular weight is 800 g/mol. The molecule has 0 aliphatic rings. The molecule has 0 aromatic heterocycles. The van der Waals surface area contributed by atoms with Gasteiger partial charge in [0.05, 0.1) is 65.7 Å². The SMILES string of the molecule is CC(C)(C)CCCOCC(COCCC(=O)OC(C)(C)C)(COCCC(=O)OC(C)(C)C)NC(=O)CCOCCOCCCCc1ccc(-c2ccccc2)cc1. The molecule has 11 nitrogen and oxygen atoms in total. The van der Waals surface area contributed by atoms with Gasteiger partial charge in [0.15, 0.2) is 0 Å². The third kappa shape index (κ3) is 25.6. The van der Waals surface area contributed by atoms with E-state index in [4.69, 9.17) is 33.2 Å². The Bertz CT molecular complexity index is 1370. The lowest BCUT2D eigenvalue weighted by molar-refractivity contribution is -0.157. The highest BCUT2D eigenvalue weighted by Crippen LogP contribution is 2.22. The summed E-state index contributed by atoms with van der Waals surface area (Å²) >= 11 is 0. The van der Waals surface area contributed by atoms with E-state index < -0.39 is 16.7 Å². The maximum Gasteiger partial charge on any atom is 0.308 e. The molecule has 0 spiro atoms. The van der Waals surface area contributed by atoms with E-state index in [1.54, 1.807) is 0 Å². The number of carbonyl (C=O) groups excluding carboxylic acids is 3. The molecule has 0 aliphatic heterocycles. The first-order chi connectivity index (χ1) is 26.8. The lowest BCUT2D eigenvalue weighted by Gasteiger charge is -2.34. The summed E-state index contributed by atoms with van der Waals surface area (Å²) in [6.45, 7) is 19.8. The molecule has 2 rings (SSSR count). The van der Waals surface area contributed by atoms with Crippen LogP contribution < -0.4 is 5.32 Å². The van der Waals surface area contributed by atoms with Crippen molar-refractivity contribution in [3.05, 3.63) is 60.2 Å². The first-order valence-corrected chi connectivity index (χ1v) is 20.6. The van der Waals surface area contributed by atoms with Gasteiger partial charge in [0.25, 0.3) is 0 Å². The Morgan fingerprint density at radius 2 is 0.982 bits per heavy atom. The number of unbranched alkanes of at least 4 members (excludes halogenated alkanes) is 1. The summed E-state index contributed by atoms with van der Waals surface area (Å²) in [5.74, 6) is -1.02. The van der Waals surface area contributed by atoms with Crippen LogP contribution in [0, 0.1) is 5.41 Å². The van der Waals surface area contributed by atoms with Crippen molar-refractivity contribution in [3.63, 3.8) is 0 Å². The van der Waals surface area contributed by atoms with Crippen LogP contribution in [-0.2, 0) is 54.0 Å². The van der Waals surface area contributed by atoms with Crippen LogP contribution in [-0.4, -0.2) is 101 Å². The highest BCUT2D eigenvalue weighted by molar-refractivity contribution is 5.77. The van der Waals surface area contributed by atoms with Crippen LogP contribution in [0.25, 0.3) is 11.1 Å². The second-order valence-corrected chi connectivity index (χ2v) is 17.8. The van der Waals surface area contributed by atoms with Crippen LogP contribution >= 0.6 is 0 Å². The molecule has 0 saturated heterocycles. The Morgan fingerprint density at radius 1 is 0.509 bits per heavy atom. The predicted octanol–water partition coefficient (Wildman–Crippen LogP) is 8.29. The van der Waals surface area contributed by atoms with E-state index in [-0.39, 0.29) is 82.2 Å². The zero-order valence-corrected chi connectivity index (χ0v) is 36.5. The Morgan fingerprint density at radius 3 is 1.51 bits per heavy atom. The van der Waals surface area contributed by atoms with E-state index in [9.17, 15) is 14.4 Å². The quantitative estimate of drug-likeness (QED) is 0.0664. The minimum atomic E-state index is -1.09. The largest absolute Gasteiger partial charge is 0.460 e. The van der Waals surface area contributed by atoms with Crippen molar-refractivity contribution >= 4 is 17.8 Å². The summed E-state index contributed by atoms with van der Waals surface area (Å²) in [5, 5.41) is 3.08. The van der Waals surface area contributed by atoms with E-state index in [0.29, 0.717) is 26.4 Å². The van der Waals surface area contributed by atoms with Crippen LogP contribution in [0.4, 0.5) is 0 Å². The fourth-order valence-corrected chi connectivity index (χ4v) is 5.71. The second-order valence-electron chi connectivity index (χ2n) is 17.8. The second kappa shape index (κ2) is 25.9. The van der Waals surface area contributed by atoms with Crippen molar-refractivity contribution in [1.82, 2.24) is 5.32 Å². The Balaban J connectivity index is 1.86. The summed E-state index contributed by atoms with van der Waals surface area (Å²) in [5.41, 5.74) is 1.60. The van der Waals surface area contributed by atoms with Gasteiger partial charge in [-0.3, -0.25) is 14.4 Å². The van der Waals surface area contributed by atoms with Gasteiger partial charge in [-0.15, -0.1) is 0 Å². The molecule has 11 heteroatoms. The van der Waals surface area contributed by atoms with Crippen LogP contribution in [0.5, 0.6) is 0 Å². The molecular weight excluding hydrogens is 727 g/mol. The molecule has 0 atom stereocenters.